The molecule has 0 saturated carbocycles. The van der Waals surface area contributed by atoms with Gasteiger partial charge in [-0.1, -0.05) is 60.1 Å². The summed E-state index contributed by atoms with van der Waals surface area (Å²) >= 11 is 6.11. The second-order valence-corrected chi connectivity index (χ2v) is 7.49. The third-order valence-electron chi connectivity index (χ3n) is 4.99. The molecule has 1 aliphatic rings. The number of hydrogen-bond acceptors (Lipinski definition) is 4. The van der Waals surface area contributed by atoms with Crippen LogP contribution < -0.4 is 5.32 Å². The molecule has 3 rings (SSSR count). The van der Waals surface area contributed by atoms with E-state index in [2.05, 4.69) is 5.32 Å². The number of carbonyl (C=O) groups excluding carboxylic acids is 2. The molecular formula is C22H23ClN2O5. The molecule has 0 spiro atoms. The van der Waals surface area contributed by atoms with Crippen molar-refractivity contribution in [3.05, 3.63) is 70.7 Å². The minimum absolute atomic E-state index is 0.0475. The molecule has 0 aromatic heterocycles. The molecule has 8 heteroatoms. The molecular weight excluding hydrogens is 408 g/mol. The number of carbonyl (C=O) groups is 3. The van der Waals surface area contributed by atoms with E-state index >= 15 is 0 Å². The summed E-state index contributed by atoms with van der Waals surface area (Å²) in [7, 11) is 0. The van der Waals surface area contributed by atoms with Crippen molar-refractivity contribution in [1.29, 1.82) is 0 Å². The molecule has 158 valence electrons. The van der Waals surface area contributed by atoms with Crippen LogP contribution in [0.5, 0.6) is 0 Å². The third kappa shape index (κ3) is 5.51. The monoisotopic (exact) mass is 430 g/mol. The van der Waals surface area contributed by atoms with Gasteiger partial charge < -0.3 is 15.2 Å². The van der Waals surface area contributed by atoms with Crippen LogP contribution in [0.1, 0.15) is 24.0 Å². The molecule has 7 nitrogen and oxygen atoms in total. The van der Waals surface area contributed by atoms with Gasteiger partial charge in [0.25, 0.3) is 0 Å². The molecule has 1 aliphatic heterocycles. The van der Waals surface area contributed by atoms with Crippen molar-refractivity contribution >= 4 is 29.6 Å². The van der Waals surface area contributed by atoms with Gasteiger partial charge in [0, 0.05) is 18.0 Å². The van der Waals surface area contributed by atoms with Gasteiger partial charge in [-0.25, -0.2) is 9.59 Å². The molecule has 1 heterocycles. The zero-order valence-corrected chi connectivity index (χ0v) is 17.0. The molecule has 2 amide bonds. The van der Waals surface area contributed by atoms with Crippen molar-refractivity contribution in [2.45, 2.75) is 38.0 Å². The van der Waals surface area contributed by atoms with E-state index in [1.54, 1.807) is 24.3 Å². The Morgan fingerprint density at radius 1 is 1.13 bits per heavy atom. The lowest BCUT2D eigenvalue weighted by atomic mass is 10.1. The summed E-state index contributed by atoms with van der Waals surface area (Å²) in [6, 6.07) is 14.2. The van der Waals surface area contributed by atoms with Gasteiger partial charge in [-0.2, -0.15) is 0 Å². The average molecular weight is 431 g/mol. The van der Waals surface area contributed by atoms with E-state index < -0.39 is 30.1 Å². The highest BCUT2D eigenvalue weighted by Gasteiger charge is 2.36. The predicted molar refractivity (Wildman–Crippen MR) is 111 cm³/mol. The van der Waals surface area contributed by atoms with Gasteiger partial charge in [0.15, 0.2) is 0 Å². The number of hydrogen-bond donors (Lipinski definition) is 2. The summed E-state index contributed by atoms with van der Waals surface area (Å²) in [5.41, 5.74) is 1.47. The first-order valence-corrected chi connectivity index (χ1v) is 10.1. The summed E-state index contributed by atoms with van der Waals surface area (Å²) in [6.07, 6.45) is 0.548. The Kier molecular flexibility index (Phi) is 7.30. The van der Waals surface area contributed by atoms with Crippen LogP contribution in [0.25, 0.3) is 0 Å². The zero-order valence-electron chi connectivity index (χ0n) is 16.3. The topological polar surface area (TPSA) is 95.9 Å². The van der Waals surface area contributed by atoms with Gasteiger partial charge >= 0.3 is 12.1 Å². The van der Waals surface area contributed by atoms with Crippen LogP contribution in [0, 0.1) is 0 Å². The average Bonchev–Trinajstić information content (AvgIpc) is 3.24. The second-order valence-electron chi connectivity index (χ2n) is 7.09. The number of nitrogens with one attached hydrogen (secondary N) is 1. The van der Waals surface area contributed by atoms with Crippen LogP contribution in [-0.4, -0.2) is 46.6 Å². The van der Waals surface area contributed by atoms with Crippen molar-refractivity contribution in [2.24, 2.45) is 0 Å². The van der Waals surface area contributed by atoms with Gasteiger partial charge in [0.1, 0.15) is 18.7 Å². The van der Waals surface area contributed by atoms with Crippen LogP contribution in [0.2, 0.25) is 5.02 Å². The Hall–Kier alpha value is -3.06. The maximum absolute atomic E-state index is 12.8. The van der Waals surface area contributed by atoms with Crippen molar-refractivity contribution in [3.8, 4) is 0 Å². The zero-order chi connectivity index (χ0) is 21.5. The maximum Gasteiger partial charge on any atom is 0.410 e. The number of carboxylic acids is 1. The predicted octanol–water partition coefficient (Wildman–Crippen LogP) is 3.25. The lowest BCUT2D eigenvalue weighted by molar-refractivity contribution is -0.142. The molecule has 0 unspecified atom stereocenters. The summed E-state index contributed by atoms with van der Waals surface area (Å²) in [5.74, 6) is -1.68. The van der Waals surface area contributed by atoms with Gasteiger partial charge in [0.2, 0.25) is 5.91 Å². The minimum Gasteiger partial charge on any atom is -0.480 e. The summed E-state index contributed by atoms with van der Waals surface area (Å²) in [5, 5.41) is 12.5. The second kappa shape index (κ2) is 10.1. The molecule has 0 radical (unpaired) electrons. The summed E-state index contributed by atoms with van der Waals surface area (Å²) in [6.45, 7) is 0.489. The van der Waals surface area contributed by atoms with E-state index in [4.69, 9.17) is 16.3 Å². The number of carboxylic acid groups (broad SMARTS) is 1. The van der Waals surface area contributed by atoms with Crippen LogP contribution in [0.15, 0.2) is 54.6 Å². The lowest BCUT2D eigenvalue weighted by Crippen LogP contribution is -2.51. The Labute approximate surface area is 179 Å². The first kappa shape index (κ1) is 21.6. The molecule has 2 aromatic rings. The molecule has 0 bridgehead atoms. The van der Waals surface area contributed by atoms with E-state index in [-0.39, 0.29) is 13.0 Å². The number of benzene rings is 2. The van der Waals surface area contributed by atoms with Crippen LogP contribution in [-0.2, 0) is 27.4 Å². The minimum atomic E-state index is -1.17. The highest BCUT2D eigenvalue weighted by molar-refractivity contribution is 6.31. The third-order valence-corrected chi connectivity index (χ3v) is 5.36. The van der Waals surface area contributed by atoms with Crippen molar-refractivity contribution in [3.63, 3.8) is 0 Å². The maximum atomic E-state index is 12.8. The van der Waals surface area contributed by atoms with Gasteiger partial charge in [-0.3, -0.25) is 9.69 Å². The van der Waals surface area contributed by atoms with Gasteiger partial charge in [0.05, 0.1) is 0 Å². The standard InChI is InChI=1S/C22H23ClN2O5/c23-17-10-5-4-9-16(17)13-18(21(27)28)24-20(26)19-11-6-12-25(19)22(29)30-14-15-7-2-1-3-8-15/h1-5,7-10,18-19H,6,11-14H2,(H,24,26)(H,27,28)/t18-,19+/m0/s1. The first-order chi connectivity index (χ1) is 14.5. The molecule has 2 aromatic carbocycles. The number of rotatable bonds is 7. The molecule has 2 N–H and O–H groups in total. The van der Waals surface area contributed by atoms with E-state index in [0.717, 1.165) is 5.56 Å². The molecule has 2 atom stereocenters. The Bertz CT molecular complexity index is 905. The van der Waals surface area contributed by atoms with E-state index in [1.165, 1.54) is 4.90 Å². The van der Waals surface area contributed by atoms with Gasteiger partial charge in [-0.05, 0) is 30.0 Å². The molecule has 30 heavy (non-hydrogen) atoms. The van der Waals surface area contributed by atoms with E-state index in [1.807, 2.05) is 30.3 Å². The van der Waals surface area contributed by atoms with E-state index in [9.17, 15) is 19.5 Å². The first-order valence-electron chi connectivity index (χ1n) is 9.69. The quantitative estimate of drug-likeness (QED) is 0.702. The number of aliphatic carboxylic acids is 1. The fourth-order valence-electron chi connectivity index (χ4n) is 3.41. The normalized spacial score (nSPS) is 16.7. The van der Waals surface area contributed by atoms with Gasteiger partial charge in [-0.15, -0.1) is 0 Å². The van der Waals surface area contributed by atoms with Crippen LogP contribution in [0.3, 0.4) is 0 Å². The Morgan fingerprint density at radius 3 is 2.53 bits per heavy atom. The molecule has 1 saturated heterocycles. The smallest absolute Gasteiger partial charge is 0.410 e. The number of halogens is 1. The van der Waals surface area contributed by atoms with Crippen molar-refractivity contribution < 1.29 is 24.2 Å². The molecule has 0 aliphatic carbocycles. The Balaban J connectivity index is 1.61. The largest absolute Gasteiger partial charge is 0.480 e. The molecule has 1 fully saturated rings. The summed E-state index contributed by atoms with van der Waals surface area (Å²) < 4.78 is 5.33. The fourth-order valence-corrected chi connectivity index (χ4v) is 3.62. The Morgan fingerprint density at radius 2 is 1.83 bits per heavy atom. The van der Waals surface area contributed by atoms with Crippen LogP contribution in [0.4, 0.5) is 4.79 Å². The number of nitrogens with zero attached hydrogens (tertiary/aromatic N) is 1. The number of ether oxygens (including phenoxy) is 1. The highest BCUT2D eigenvalue weighted by Crippen LogP contribution is 2.21. The van der Waals surface area contributed by atoms with Crippen molar-refractivity contribution in [2.75, 3.05) is 6.54 Å². The van der Waals surface area contributed by atoms with Crippen molar-refractivity contribution in [1.82, 2.24) is 10.2 Å². The summed E-state index contributed by atoms with van der Waals surface area (Å²) in [4.78, 5) is 38.3. The number of likely N-dealkylation sites (tertiary alicyclic amines) is 1. The van der Waals surface area contributed by atoms with E-state index in [0.29, 0.717) is 30.0 Å². The SMILES string of the molecule is O=C(O)[C@H](Cc1ccccc1Cl)NC(=O)[C@H]1CCCN1C(=O)OCc1ccccc1. The number of amides is 2. The van der Waals surface area contributed by atoms with Crippen LogP contribution >= 0.6 is 11.6 Å². The highest BCUT2D eigenvalue weighted by atomic mass is 35.5. The fraction of sp³-hybridized carbons (Fsp3) is 0.318. The lowest BCUT2D eigenvalue weighted by Gasteiger charge is -2.25.